The summed E-state index contributed by atoms with van der Waals surface area (Å²) in [4.78, 5) is 42.6. The maximum Gasteiger partial charge on any atom is 0.306 e. The molecule has 65 heavy (non-hydrogen) atoms. The van der Waals surface area contributed by atoms with Crippen molar-refractivity contribution in [3.05, 3.63) is 0 Å². The van der Waals surface area contributed by atoms with Gasteiger partial charge in [-0.25, -0.2) is 0 Å². The molecule has 0 saturated heterocycles. The topological polar surface area (TPSA) is 85.4 Å². The normalized spacial score (nSPS) is 13.1. The van der Waals surface area contributed by atoms with Crippen LogP contribution in [0.15, 0.2) is 0 Å². The van der Waals surface area contributed by atoms with Crippen LogP contribution in [0.5, 0.6) is 0 Å². The van der Waals surface area contributed by atoms with Gasteiger partial charge in [0.2, 0.25) is 0 Å². The molecule has 386 valence electrons. The lowest BCUT2D eigenvalue weighted by molar-refractivity contribution is -0.150. The predicted octanol–water partition coefficient (Wildman–Crippen LogP) is 16.3. The lowest BCUT2D eigenvalue weighted by Crippen LogP contribution is -2.32. The Balaban J connectivity index is 4.64. The standard InChI is InChI=1S/C57H112N2O6/c1-8-15-30-40-52(12-5)63-55(60)43-33-24-18-21-27-36-47-58(46-11-4)50-39-51-59(48-37-28-22-19-25-34-44-56(61)64-53(13-6)41-31-16-9-2)49-38-29-23-20-26-35-45-57(62)65-54(14-7)42-32-17-10-3/h52-54H,8-51H2,1-7H3. The van der Waals surface area contributed by atoms with Crippen molar-refractivity contribution in [3.63, 3.8) is 0 Å². The van der Waals surface area contributed by atoms with Crippen molar-refractivity contribution in [1.29, 1.82) is 0 Å². The van der Waals surface area contributed by atoms with Crippen molar-refractivity contribution in [1.82, 2.24) is 9.80 Å². The predicted molar refractivity (Wildman–Crippen MR) is 278 cm³/mol. The van der Waals surface area contributed by atoms with E-state index in [2.05, 4.69) is 58.3 Å². The summed E-state index contributed by atoms with van der Waals surface area (Å²) in [5, 5.41) is 0. The number of nitrogens with zero attached hydrogens (tertiary/aromatic N) is 2. The lowest BCUT2D eigenvalue weighted by atomic mass is 10.1. The number of rotatable bonds is 51. The van der Waals surface area contributed by atoms with Gasteiger partial charge in [0.15, 0.2) is 0 Å². The summed E-state index contributed by atoms with van der Waals surface area (Å²) < 4.78 is 17.3. The molecule has 0 radical (unpaired) electrons. The maximum absolute atomic E-state index is 12.4. The molecule has 0 aliphatic rings. The molecule has 8 heteroatoms. The largest absolute Gasteiger partial charge is 0.462 e. The third-order valence-corrected chi connectivity index (χ3v) is 13.5. The fourth-order valence-corrected chi connectivity index (χ4v) is 9.08. The molecule has 0 aromatic rings. The van der Waals surface area contributed by atoms with Crippen LogP contribution in [0.4, 0.5) is 0 Å². The van der Waals surface area contributed by atoms with Crippen molar-refractivity contribution in [2.24, 2.45) is 0 Å². The summed E-state index contributed by atoms with van der Waals surface area (Å²) in [6.45, 7) is 22.5. The van der Waals surface area contributed by atoms with Crippen molar-refractivity contribution < 1.29 is 28.6 Å². The van der Waals surface area contributed by atoms with Gasteiger partial charge in [0, 0.05) is 19.3 Å². The Morgan fingerprint density at radius 1 is 0.292 bits per heavy atom. The van der Waals surface area contributed by atoms with Gasteiger partial charge in [-0.05, 0) is 148 Å². The zero-order valence-electron chi connectivity index (χ0n) is 44.7. The lowest BCUT2D eigenvalue weighted by Gasteiger charge is -2.26. The SMILES string of the molecule is CCCCCC(CC)OC(=O)CCCCCCCCN(CCC)CCCN(CCCCCCCCC(=O)OC(CC)CCCCC)CCCCCCCCC(=O)OC(CC)CCCCC. The number of hydrogen-bond donors (Lipinski definition) is 0. The molecular formula is C57H112N2O6. The van der Waals surface area contributed by atoms with Crippen molar-refractivity contribution in [2.75, 3.05) is 39.3 Å². The van der Waals surface area contributed by atoms with Crippen molar-refractivity contribution in [3.8, 4) is 0 Å². The number of carbonyl (C=O) groups excluding carboxylic acids is 3. The number of carbonyl (C=O) groups is 3. The zero-order valence-corrected chi connectivity index (χ0v) is 44.7. The van der Waals surface area contributed by atoms with E-state index < -0.39 is 0 Å². The van der Waals surface area contributed by atoms with Crippen LogP contribution < -0.4 is 0 Å². The molecule has 0 rings (SSSR count). The van der Waals surface area contributed by atoms with Crippen LogP contribution >= 0.6 is 0 Å². The summed E-state index contributed by atoms with van der Waals surface area (Å²) in [6.07, 6.45) is 42.1. The first kappa shape index (κ1) is 63.3. The van der Waals surface area contributed by atoms with E-state index in [1.807, 2.05) is 0 Å². The number of unbranched alkanes of at least 4 members (excludes halogenated alkanes) is 21. The molecule has 0 amide bonds. The molecule has 0 aromatic carbocycles. The van der Waals surface area contributed by atoms with E-state index in [9.17, 15) is 14.4 Å². The summed E-state index contributed by atoms with van der Waals surface area (Å²) in [7, 11) is 0. The smallest absolute Gasteiger partial charge is 0.306 e. The van der Waals surface area contributed by atoms with E-state index in [-0.39, 0.29) is 36.2 Å². The second-order valence-electron chi connectivity index (χ2n) is 19.7. The van der Waals surface area contributed by atoms with E-state index in [4.69, 9.17) is 14.2 Å². The van der Waals surface area contributed by atoms with Gasteiger partial charge in [0.25, 0.3) is 0 Å². The monoisotopic (exact) mass is 921 g/mol. The van der Waals surface area contributed by atoms with Crippen LogP contribution in [0, 0.1) is 0 Å². The molecule has 0 aliphatic heterocycles. The molecule has 0 heterocycles. The van der Waals surface area contributed by atoms with Gasteiger partial charge in [-0.3, -0.25) is 14.4 Å². The Labute approximate surface area is 405 Å². The number of ether oxygens (including phenoxy) is 3. The third-order valence-electron chi connectivity index (χ3n) is 13.5. The Morgan fingerprint density at radius 2 is 0.554 bits per heavy atom. The average molecular weight is 922 g/mol. The molecule has 0 bridgehead atoms. The highest BCUT2D eigenvalue weighted by Crippen LogP contribution is 2.17. The minimum Gasteiger partial charge on any atom is -0.462 e. The van der Waals surface area contributed by atoms with Crippen LogP contribution in [0.2, 0.25) is 0 Å². The van der Waals surface area contributed by atoms with Crippen LogP contribution in [-0.2, 0) is 28.6 Å². The third kappa shape index (κ3) is 42.2. The highest BCUT2D eigenvalue weighted by molar-refractivity contribution is 5.70. The fourth-order valence-electron chi connectivity index (χ4n) is 9.08. The second kappa shape index (κ2) is 48.8. The first-order valence-corrected chi connectivity index (χ1v) is 28.8. The first-order valence-electron chi connectivity index (χ1n) is 28.8. The Hall–Kier alpha value is -1.67. The Kier molecular flexibility index (Phi) is 47.5. The quantitative estimate of drug-likeness (QED) is 0.0339. The summed E-state index contributed by atoms with van der Waals surface area (Å²) in [5.74, 6) is 0.00364. The Bertz CT molecular complexity index is 993. The van der Waals surface area contributed by atoms with Gasteiger partial charge < -0.3 is 24.0 Å². The summed E-state index contributed by atoms with van der Waals surface area (Å²) >= 11 is 0. The van der Waals surface area contributed by atoms with Crippen molar-refractivity contribution in [2.45, 2.75) is 311 Å². The molecule has 0 aromatic heterocycles. The van der Waals surface area contributed by atoms with E-state index in [0.717, 1.165) is 96.3 Å². The molecular weight excluding hydrogens is 809 g/mol. The second-order valence-corrected chi connectivity index (χ2v) is 19.7. The molecule has 0 aliphatic carbocycles. The van der Waals surface area contributed by atoms with Crippen LogP contribution in [-0.4, -0.2) is 85.3 Å². The van der Waals surface area contributed by atoms with Gasteiger partial charge in [-0.2, -0.15) is 0 Å². The fraction of sp³-hybridized carbons (Fsp3) is 0.947. The van der Waals surface area contributed by atoms with Gasteiger partial charge in [0.05, 0.1) is 0 Å². The summed E-state index contributed by atoms with van der Waals surface area (Å²) in [6, 6.07) is 0. The zero-order chi connectivity index (χ0) is 47.9. The summed E-state index contributed by atoms with van der Waals surface area (Å²) in [5.41, 5.74) is 0. The number of hydrogen-bond acceptors (Lipinski definition) is 8. The molecule has 0 spiro atoms. The van der Waals surface area contributed by atoms with E-state index in [1.54, 1.807) is 0 Å². The van der Waals surface area contributed by atoms with Gasteiger partial charge in [-0.1, -0.05) is 164 Å². The minimum atomic E-state index is 0.000323. The Morgan fingerprint density at radius 3 is 0.831 bits per heavy atom. The van der Waals surface area contributed by atoms with Gasteiger partial charge >= 0.3 is 17.9 Å². The van der Waals surface area contributed by atoms with Crippen molar-refractivity contribution >= 4 is 17.9 Å². The van der Waals surface area contributed by atoms with Gasteiger partial charge in [-0.15, -0.1) is 0 Å². The van der Waals surface area contributed by atoms with E-state index >= 15 is 0 Å². The average Bonchev–Trinajstić information content (AvgIpc) is 3.30. The van der Waals surface area contributed by atoms with Crippen LogP contribution in [0.1, 0.15) is 292 Å². The molecule has 0 fully saturated rings. The number of esters is 3. The van der Waals surface area contributed by atoms with Crippen LogP contribution in [0.3, 0.4) is 0 Å². The van der Waals surface area contributed by atoms with Gasteiger partial charge in [0.1, 0.15) is 18.3 Å². The molecule has 3 atom stereocenters. The molecule has 3 unspecified atom stereocenters. The molecule has 0 saturated carbocycles. The minimum absolute atomic E-state index is 0.000323. The first-order chi connectivity index (χ1) is 31.8. The molecule has 0 N–H and O–H groups in total. The van der Waals surface area contributed by atoms with Crippen LogP contribution in [0.25, 0.3) is 0 Å². The highest BCUT2D eigenvalue weighted by atomic mass is 16.6. The maximum atomic E-state index is 12.4. The van der Waals surface area contributed by atoms with E-state index in [0.29, 0.717) is 19.3 Å². The molecule has 8 nitrogen and oxygen atoms in total. The highest BCUT2D eigenvalue weighted by Gasteiger charge is 2.15. The van der Waals surface area contributed by atoms with E-state index in [1.165, 1.54) is 168 Å².